The number of allylic oxidation sites excluding steroid dienone is 3. The second-order valence-corrected chi connectivity index (χ2v) is 14.5. The molecule has 4 rings (SSSR count). The third-order valence-electron chi connectivity index (χ3n) is 11.9. The number of nitrogens with zero attached hydrogens (tertiary/aromatic N) is 1. The number of alkyl carbamates (subject to hydrolysis) is 1. The van der Waals surface area contributed by atoms with Crippen molar-refractivity contribution in [3.63, 3.8) is 0 Å². The van der Waals surface area contributed by atoms with Crippen molar-refractivity contribution < 1.29 is 9.53 Å². The van der Waals surface area contributed by atoms with E-state index in [0.717, 1.165) is 55.4 Å². The van der Waals surface area contributed by atoms with Gasteiger partial charge in [0.05, 0.1) is 0 Å². The van der Waals surface area contributed by atoms with Crippen LogP contribution < -0.4 is 5.32 Å². The SMILES string of the molecule is CCC(/C=C/[C@@H](C)[C@H]1CC[C@H]2C3CC=C4CC(OC(=O)NCCN(C)C)CCC4(C)[C@H]3CC[C@]12C)C(C)C. The average Bonchev–Trinajstić information content (AvgIpc) is 3.21. The number of carbonyl (C=O) groups is 1. The van der Waals surface area contributed by atoms with E-state index in [-0.39, 0.29) is 12.2 Å². The van der Waals surface area contributed by atoms with Gasteiger partial charge in [-0.3, -0.25) is 0 Å². The molecule has 4 heteroatoms. The van der Waals surface area contributed by atoms with E-state index >= 15 is 0 Å². The molecule has 1 N–H and O–H groups in total. The smallest absolute Gasteiger partial charge is 0.407 e. The first-order chi connectivity index (χ1) is 18.0. The standard InChI is InChI=1S/C34H58N2O2/c1-9-25(23(2)3)11-10-24(4)29-14-15-30-28-13-12-26-22-27(38-32(37)35-20-21-36(7)8)16-18-33(26,5)31(28)17-19-34(29,30)6/h10-12,23-25,27-31H,9,13-22H2,1-8H3,(H,35,37)/b11-10+/t24-,25?,27?,28?,29-,30+,31+,33?,34-/m1/s1. The minimum absolute atomic E-state index is 0.0281. The number of fused-ring (bicyclic) bond motifs is 5. The van der Waals surface area contributed by atoms with E-state index in [0.29, 0.717) is 29.2 Å². The minimum Gasteiger partial charge on any atom is -0.446 e. The van der Waals surface area contributed by atoms with Gasteiger partial charge < -0.3 is 15.0 Å². The Balaban J connectivity index is 1.40. The highest BCUT2D eigenvalue weighted by atomic mass is 16.6. The largest absolute Gasteiger partial charge is 0.446 e. The van der Waals surface area contributed by atoms with Crippen molar-refractivity contribution in [2.75, 3.05) is 27.2 Å². The number of hydrogen-bond donors (Lipinski definition) is 1. The first-order valence-corrected chi connectivity index (χ1v) is 16.0. The molecule has 216 valence electrons. The van der Waals surface area contributed by atoms with E-state index in [1.54, 1.807) is 5.57 Å². The molecule has 4 nitrogen and oxygen atoms in total. The van der Waals surface area contributed by atoms with Crippen molar-refractivity contribution in [3.05, 3.63) is 23.8 Å². The lowest BCUT2D eigenvalue weighted by atomic mass is 9.47. The van der Waals surface area contributed by atoms with Crippen LogP contribution in [0, 0.1) is 52.3 Å². The molecule has 9 atom stereocenters. The lowest BCUT2D eigenvalue weighted by Crippen LogP contribution is -2.51. The van der Waals surface area contributed by atoms with Crippen LogP contribution in [-0.2, 0) is 4.74 Å². The highest BCUT2D eigenvalue weighted by Crippen LogP contribution is 2.67. The van der Waals surface area contributed by atoms with Gasteiger partial charge in [0.15, 0.2) is 0 Å². The third kappa shape index (κ3) is 5.91. The summed E-state index contributed by atoms with van der Waals surface area (Å²) >= 11 is 0. The second-order valence-electron chi connectivity index (χ2n) is 14.5. The van der Waals surface area contributed by atoms with Gasteiger partial charge in [0.1, 0.15) is 6.10 Å². The topological polar surface area (TPSA) is 41.6 Å². The molecule has 0 radical (unpaired) electrons. The van der Waals surface area contributed by atoms with Crippen molar-refractivity contribution in [2.45, 2.75) is 105 Å². The number of rotatable bonds is 9. The lowest BCUT2D eigenvalue weighted by Gasteiger charge is -2.58. The summed E-state index contributed by atoms with van der Waals surface area (Å²) in [7, 11) is 4.04. The molecule has 0 aromatic heterocycles. The Kier molecular flexibility index (Phi) is 9.43. The molecule has 0 saturated heterocycles. The molecule has 0 aromatic rings. The molecule has 4 unspecified atom stereocenters. The molecule has 1 amide bonds. The summed E-state index contributed by atoms with van der Waals surface area (Å²) in [5, 5.41) is 2.93. The number of likely N-dealkylation sites (N-methyl/N-ethyl adjacent to an activating group) is 1. The second kappa shape index (κ2) is 12.1. The lowest BCUT2D eigenvalue weighted by molar-refractivity contribution is -0.0550. The van der Waals surface area contributed by atoms with E-state index in [4.69, 9.17) is 4.74 Å². The van der Waals surface area contributed by atoms with Gasteiger partial charge in [-0.05, 0) is 118 Å². The monoisotopic (exact) mass is 526 g/mol. The number of ether oxygens (including phenoxy) is 1. The molecule has 3 saturated carbocycles. The van der Waals surface area contributed by atoms with Gasteiger partial charge in [-0.15, -0.1) is 0 Å². The molecule has 0 aromatic carbocycles. The predicted molar refractivity (Wildman–Crippen MR) is 159 cm³/mol. The van der Waals surface area contributed by atoms with E-state index in [1.165, 1.54) is 38.5 Å². The molecule has 38 heavy (non-hydrogen) atoms. The van der Waals surface area contributed by atoms with Crippen LogP contribution in [0.25, 0.3) is 0 Å². The molecule has 0 bridgehead atoms. The molecular formula is C34H58N2O2. The molecule has 4 aliphatic carbocycles. The first kappa shape index (κ1) is 29.7. The highest BCUT2D eigenvalue weighted by molar-refractivity contribution is 5.67. The summed E-state index contributed by atoms with van der Waals surface area (Å²) in [6.07, 6.45) is 18.7. The zero-order valence-electron chi connectivity index (χ0n) is 25.9. The van der Waals surface area contributed by atoms with Crippen molar-refractivity contribution in [1.29, 1.82) is 0 Å². The number of nitrogens with one attached hydrogen (secondary N) is 1. The van der Waals surface area contributed by atoms with Crippen molar-refractivity contribution in [3.8, 4) is 0 Å². The van der Waals surface area contributed by atoms with Gasteiger partial charge in [-0.25, -0.2) is 4.79 Å². The Morgan fingerprint density at radius 2 is 1.87 bits per heavy atom. The first-order valence-electron chi connectivity index (χ1n) is 16.0. The minimum atomic E-state index is -0.248. The quantitative estimate of drug-likeness (QED) is 0.309. The predicted octanol–water partition coefficient (Wildman–Crippen LogP) is 8.10. The normalized spacial score (nSPS) is 38.4. The van der Waals surface area contributed by atoms with Crippen molar-refractivity contribution in [2.24, 2.45) is 52.3 Å². The van der Waals surface area contributed by atoms with E-state index < -0.39 is 0 Å². The Bertz CT molecular complexity index is 878. The molecule has 0 aliphatic heterocycles. The zero-order valence-corrected chi connectivity index (χ0v) is 25.9. The van der Waals surface area contributed by atoms with E-state index in [2.05, 4.69) is 70.0 Å². The molecule has 0 heterocycles. The van der Waals surface area contributed by atoms with Crippen LogP contribution in [-0.4, -0.2) is 44.3 Å². The average molecular weight is 527 g/mol. The highest BCUT2D eigenvalue weighted by Gasteiger charge is 2.59. The van der Waals surface area contributed by atoms with Crippen LogP contribution in [0.15, 0.2) is 23.8 Å². The Hall–Kier alpha value is -1.29. The summed E-state index contributed by atoms with van der Waals surface area (Å²) in [4.78, 5) is 14.4. The number of hydrogen-bond acceptors (Lipinski definition) is 3. The fourth-order valence-corrected chi connectivity index (χ4v) is 9.49. The summed E-state index contributed by atoms with van der Waals surface area (Å²) in [6.45, 7) is 16.3. The van der Waals surface area contributed by atoms with Gasteiger partial charge in [0, 0.05) is 19.5 Å². The van der Waals surface area contributed by atoms with Crippen molar-refractivity contribution >= 4 is 6.09 Å². The number of amides is 1. The molecule has 4 aliphatic rings. The number of carbonyl (C=O) groups excluding carboxylic acids is 1. The van der Waals surface area contributed by atoms with Gasteiger partial charge in [0.25, 0.3) is 0 Å². The zero-order chi connectivity index (χ0) is 27.7. The summed E-state index contributed by atoms with van der Waals surface area (Å²) in [6, 6.07) is 0. The van der Waals surface area contributed by atoms with Gasteiger partial charge >= 0.3 is 6.09 Å². The fraction of sp³-hybridized carbons (Fsp3) is 0.853. The van der Waals surface area contributed by atoms with Crippen LogP contribution in [0.3, 0.4) is 0 Å². The summed E-state index contributed by atoms with van der Waals surface area (Å²) in [5.41, 5.74) is 2.36. The maximum atomic E-state index is 12.4. The molecule has 3 fully saturated rings. The van der Waals surface area contributed by atoms with Crippen LogP contribution in [0.2, 0.25) is 0 Å². The maximum Gasteiger partial charge on any atom is 0.407 e. The maximum absolute atomic E-state index is 12.4. The van der Waals surface area contributed by atoms with Crippen LogP contribution >= 0.6 is 0 Å². The molecular weight excluding hydrogens is 468 g/mol. The third-order valence-corrected chi connectivity index (χ3v) is 11.9. The fourth-order valence-electron chi connectivity index (χ4n) is 9.49. The van der Waals surface area contributed by atoms with Crippen LogP contribution in [0.5, 0.6) is 0 Å². The Morgan fingerprint density at radius 1 is 1.11 bits per heavy atom. The van der Waals surface area contributed by atoms with E-state index in [9.17, 15) is 4.79 Å². The van der Waals surface area contributed by atoms with Crippen LogP contribution in [0.4, 0.5) is 4.79 Å². The van der Waals surface area contributed by atoms with Crippen LogP contribution in [0.1, 0.15) is 99.3 Å². The Labute approximate surface area is 234 Å². The van der Waals surface area contributed by atoms with Gasteiger partial charge in [-0.2, -0.15) is 0 Å². The van der Waals surface area contributed by atoms with Crippen molar-refractivity contribution in [1.82, 2.24) is 10.2 Å². The molecule has 0 spiro atoms. The summed E-state index contributed by atoms with van der Waals surface area (Å²) in [5.74, 6) is 5.43. The Morgan fingerprint density at radius 3 is 2.55 bits per heavy atom. The summed E-state index contributed by atoms with van der Waals surface area (Å²) < 4.78 is 5.88. The van der Waals surface area contributed by atoms with Gasteiger partial charge in [-0.1, -0.05) is 65.3 Å². The van der Waals surface area contributed by atoms with Gasteiger partial charge in [0.2, 0.25) is 0 Å². The van der Waals surface area contributed by atoms with E-state index in [1.807, 2.05) is 14.1 Å².